The number of hydrogen-bond donors (Lipinski definition) is 6. The maximum absolute atomic E-state index is 13.4. The second-order valence-corrected chi connectivity index (χ2v) is 9.80. The molecule has 0 spiro atoms. The standard InChI is InChI=1S/C26H27NO10/c1-2-26(35)8-16(37-17-7-13(27)15(29)9-36-17)19-11(21(26)25(33)34)6-12-20(24(19)32)23(31)18-10(22(12)30)4-3-5-14(18)28/h3-6,13,15-17,21,28-29,32,35H,2,7-9,27H2,1H3,(H,33,34)/t13-,15+,16?,17+,21+,26-/m1/s1. The van der Waals surface area contributed by atoms with Crippen LogP contribution in [0.4, 0.5) is 0 Å². The molecule has 11 nitrogen and oxygen atoms in total. The van der Waals surface area contributed by atoms with Gasteiger partial charge >= 0.3 is 5.97 Å². The molecule has 2 aliphatic carbocycles. The minimum Gasteiger partial charge on any atom is -0.507 e. The molecule has 11 heteroatoms. The van der Waals surface area contributed by atoms with Crippen molar-refractivity contribution in [1.82, 2.24) is 0 Å². The summed E-state index contributed by atoms with van der Waals surface area (Å²) in [4.78, 5) is 39.2. The van der Waals surface area contributed by atoms with E-state index in [1.165, 1.54) is 24.3 Å². The highest BCUT2D eigenvalue weighted by Gasteiger charge is 2.52. The molecule has 1 saturated heterocycles. The van der Waals surface area contributed by atoms with Gasteiger partial charge in [0, 0.05) is 35.6 Å². The highest BCUT2D eigenvalue weighted by atomic mass is 16.7. The zero-order chi connectivity index (χ0) is 26.8. The molecule has 3 aliphatic rings. The number of aliphatic hydroxyl groups excluding tert-OH is 1. The van der Waals surface area contributed by atoms with Gasteiger partial charge in [0.15, 0.2) is 12.1 Å². The van der Waals surface area contributed by atoms with Crippen LogP contribution in [0, 0.1) is 0 Å². The average Bonchev–Trinajstić information content (AvgIpc) is 2.84. The lowest BCUT2D eigenvalue weighted by Crippen LogP contribution is -2.49. The first-order valence-electron chi connectivity index (χ1n) is 12.0. The Hall–Kier alpha value is -3.35. The molecule has 37 heavy (non-hydrogen) atoms. The van der Waals surface area contributed by atoms with Gasteiger partial charge in [-0.15, -0.1) is 0 Å². The number of ketones is 2. The molecule has 6 atom stereocenters. The topological polar surface area (TPSA) is 197 Å². The number of ether oxygens (including phenoxy) is 2. The number of benzene rings is 2. The zero-order valence-electron chi connectivity index (χ0n) is 19.9. The molecule has 2 aromatic rings. The fourth-order valence-corrected chi connectivity index (χ4v) is 5.64. The smallest absolute Gasteiger partial charge is 0.313 e. The van der Waals surface area contributed by atoms with E-state index in [0.29, 0.717) is 0 Å². The van der Waals surface area contributed by atoms with Gasteiger partial charge in [-0.2, -0.15) is 0 Å². The summed E-state index contributed by atoms with van der Waals surface area (Å²) < 4.78 is 11.6. The van der Waals surface area contributed by atoms with Crippen LogP contribution in [-0.4, -0.2) is 73.7 Å². The second kappa shape index (κ2) is 8.89. The Labute approximate surface area is 211 Å². The van der Waals surface area contributed by atoms with Crippen LogP contribution in [0.15, 0.2) is 24.3 Å². The molecular formula is C26H27NO10. The summed E-state index contributed by atoms with van der Waals surface area (Å²) >= 11 is 0. The maximum atomic E-state index is 13.4. The summed E-state index contributed by atoms with van der Waals surface area (Å²) in [5, 5.41) is 53.1. The minimum absolute atomic E-state index is 0.00838. The van der Waals surface area contributed by atoms with E-state index in [1.54, 1.807) is 6.92 Å². The average molecular weight is 513 g/mol. The number of aromatic hydroxyl groups is 2. The van der Waals surface area contributed by atoms with E-state index < -0.39 is 65.1 Å². The van der Waals surface area contributed by atoms with Gasteiger partial charge in [0.2, 0.25) is 5.78 Å². The largest absolute Gasteiger partial charge is 0.507 e. The van der Waals surface area contributed by atoms with Crippen LogP contribution in [0.3, 0.4) is 0 Å². The van der Waals surface area contributed by atoms with Crippen molar-refractivity contribution < 1.29 is 49.4 Å². The van der Waals surface area contributed by atoms with Crippen LogP contribution in [0.2, 0.25) is 0 Å². The maximum Gasteiger partial charge on any atom is 0.313 e. The number of rotatable bonds is 4. The highest BCUT2D eigenvalue weighted by Crippen LogP contribution is 2.53. The predicted molar refractivity (Wildman–Crippen MR) is 125 cm³/mol. The van der Waals surface area contributed by atoms with Crippen LogP contribution < -0.4 is 5.73 Å². The summed E-state index contributed by atoms with van der Waals surface area (Å²) in [6.07, 6.45) is -3.15. The lowest BCUT2D eigenvalue weighted by Gasteiger charge is -2.44. The summed E-state index contributed by atoms with van der Waals surface area (Å²) in [7, 11) is 0. The Morgan fingerprint density at radius 1 is 1.19 bits per heavy atom. The summed E-state index contributed by atoms with van der Waals surface area (Å²) in [5.41, 5.74) is 3.03. The van der Waals surface area contributed by atoms with E-state index in [0.717, 1.165) is 0 Å². The van der Waals surface area contributed by atoms with Crippen LogP contribution in [0.1, 0.15) is 81.2 Å². The van der Waals surface area contributed by atoms with Crippen molar-refractivity contribution in [2.24, 2.45) is 5.73 Å². The van der Waals surface area contributed by atoms with E-state index >= 15 is 0 Å². The van der Waals surface area contributed by atoms with Crippen molar-refractivity contribution in [3.63, 3.8) is 0 Å². The Bertz CT molecular complexity index is 1320. The van der Waals surface area contributed by atoms with E-state index in [1.807, 2.05) is 0 Å². The molecule has 1 fully saturated rings. The van der Waals surface area contributed by atoms with Crippen molar-refractivity contribution in [3.05, 3.63) is 57.6 Å². The van der Waals surface area contributed by atoms with Crippen LogP contribution in [0.25, 0.3) is 0 Å². The third kappa shape index (κ3) is 3.82. The minimum atomic E-state index is -1.82. The molecule has 1 heterocycles. The third-order valence-electron chi connectivity index (χ3n) is 7.65. The Kier molecular flexibility index (Phi) is 6.08. The Morgan fingerprint density at radius 2 is 1.92 bits per heavy atom. The molecule has 0 aromatic heterocycles. The van der Waals surface area contributed by atoms with Gasteiger partial charge in [0.05, 0.1) is 35.5 Å². The quantitative estimate of drug-likeness (QED) is 0.292. The normalized spacial score (nSPS) is 30.9. The van der Waals surface area contributed by atoms with Gasteiger partial charge in [-0.25, -0.2) is 0 Å². The summed E-state index contributed by atoms with van der Waals surface area (Å²) in [6, 6.07) is 4.55. The molecule has 1 aliphatic heterocycles. The van der Waals surface area contributed by atoms with Gasteiger partial charge in [-0.3, -0.25) is 14.4 Å². The Balaban J connectivity index is 1.70. The number of carbonyl (C=O) groups excluding carboxylic acids is 2. The van der Waals surface area contributed by atoms with Gasteiger partial charge in [0.1, 0.15) is 17.4 Å². The molecule has 0 amide bonds. The van der Waals surface area contributed by atoms with E-state index in [9.17, 15) is 39.9 Å². The highest BCUT2D eigenvalue weighted by molar-refractivity contribution is 6.30. The number of aliphatic carboxylic acids is 1. The van der Waals surface area contributed by atoms with Crippen LogP contribution >= 0.6 is 0 Å². The number of phenols is 2. The molecule has 2 aromatic carbocycles. The summed E-state index contributed by atoms with van der Waals surface area (Å²) in [5.74, 6) is -5.48. The molecule has 7 N–H and O–H groups in total. The fourth-order valence-electron chi connectivity index (χ4n) is 5.64. The number of carboxylic acid groups (broad SMARTS) is 1. The van der Waals surface area contributed by atoms with Crippen molar-refractivity contribution >= 4 is 17.5 Å². The lowest BCUT2D eigenvalue weighted by molar-refractivity contribution is -0.225. The van der Waals surface area contributed by atoms with Gasteiger partial charge in [-0.1, -0.05) is 19.1 Å². The first-order valence-corrected chi connectivity index (χ1v) is 12.0. The molecule has 0 bridgehead atoms. The SMILES string of the molecule is CC[C@@]1(O)CC(O[C@H]2C[C@@H](N)[C@@H](O)CO2)c2c(cc3c(c2O)C(=O)c2c(O)cccc2C3=O)[C@H]1C(=O)O. The zero-order valence-corrected chi connectivity index (χ0v) is 19.9. The van der Waals surface area contributed by atoms with E-state index in [4.69, 9.17) is 15.2 Å². The van der Waals surface area contributed by atoms with Crippen LogP contribution in [-0.2, 0) is 14.3 Å². The number of fused-ring (bicyclic) bond motifs is 3. The molecule has 5 rings (SSSR count). The fraction of sp³-hybridized carbons (Fsp3) is 0.423. The van der Waals surface area contributed by atoms with Gasteiger partial charge < -0.3 is 40.7 Å². The number of carboxylic acids is 1. The van der Waals surface area contributed by atoms with Crippen LogP contribution in [0.5, 0.6) is 11.5 Å². The molecule has 0 saturated carbocycles. The predicted octanol–water partition coefficient (Wildman–Crippen LogP) is 1.08. The lowest BCUT2D eigenvalue weighted by atomic mass is 9.67. The van der Waals surface area contributed by atoms with Crippen molar-refractivity contribution in [3.8, 4) is 11.5 Å². The number of carbonyl (C=O) groups is 3. The molecular weight excluding hydrogens is 486 g/mol. The molecule has 196 valence electrons. The van der Waals surface area contributed by atoms with Crippen molar-refractivity contribution in [2.75, 3.05) is 6.61 Å². The molecule has 0 radical (unpaired) electrons. The van der Waals surface area contributed by atoms with Gasteiger partial charge in [0.25, 0.3) is 0 Å². The van der Waals surface area contributed by atoms with Crippen molar-refractivity contribution in [1.29, 1.82) is 0 Å². The first kappa shape index (κ1) is 25.3. The second-order valence-electron chi connectivity index (χ2n) is 9.80. The first-order chi connectivity index (χ1) is 17.5. The number of phenolic OH excluding ortho intramolecular Hbond substituents is 2. The van der Waals surface area contributed by atoms with E-state index in [-0.39, 0.29) is 59.3 Å². The Morgan fingerprint density at radius 3 is 2.57 bits per heavy atom. The van der Waals surface area contributed by atoms with E-state index in [2.05, 4.69) is 0 Å². The monoisotopic (exact) mass is 513 g/mol. The molecule has 1 unspecified atom stereocenters. The third-order valence-corrected chi connectivity index (χ3v) is 7.65. The van der Waals surface area contributed by atoms with Crippen molar-refractivity contribution in [2.45, 2.75) is 62.2 Å². The number of nitrogens with two attached hydrogens (primary N) is 1. The number of hydrogen-bond acceptors (Lipinski definition) is 10. The van der Waals surface area contributed by atoms with Gasteiger partial charge in [-0.05, 0) is 24.1 Å². The summed E-state index contributed by atoms with van der Waals surface area (Å²) in [6.45, 7) is 1.49. The number of aliphatic hydroxyl groups is 2.